The van der Waals surface area contributed by atoms with Crippen molar-refractivity contribution in [1.29, 1.82) is 5.26 Å². The van der Waals surface area contributed by atoms with Crippen LogP contribution in [0.4, 0.5) is 0 Å². The molecule has 21 heavy (non-hydrogen) atoms. The fraction of sp³-hybridized carbons (Fsp3) is 0.467. The van der Waals surface area contributed by atoms with Gasteiger partial charge in [-0.2, -0.15) is 5.26 Å². The van der Waals surface area contributed by atoms with Gasteiger partial charge in [-0.05, 0) is 24.8 Å². The van der Waals surface area contributed by atoms with Gasteiger partial charge in [-0.1, -0.05) is 30.3 Å². The predicted octanol–water partition coefficient (Wildman–Crippen LogP) is 1.06. The molecule has 1 aliphatic rings. The fourth-order valence-electron chi connectivity index (χ4n) is 2.47. The topological polar surface area (TPSA) is 87.0 Å². The molecule has 2 rings (SSSR count). The van der Waals surface area contributed by atoms with E-state index in [9.17, 15) is 13.2 Å². The Morgan fingerprint density at radius 1 is 1.38 bits per heavy atom. The summed E-state index contributed by atoms with van der Waals surface area (Å²) in [7, 11) is -3.07. The molecule has 1 N–H and O–H groups in total. The second-order valence-corrected chi connectivity index (χ2v) is 7.65. The Kier molecular flexibility index (Phi) is 4.97. The maximum absolute atomic E-state index is 12.0. The van der Waals surface area contributed by atoms with Crippen molar-refractivity contribution in [2.45, 2.75) is 24.5 Å². The summed E-state index contributed by atoms with van der Waals surface area (Å²) in [6, 6.07) is 11.3. The Morgan fingerprint density at radius 2 is 2.10 bits per heavy atom. The van der Waals surface area contributed by atoms with E-state index in [4.69, 9.17) is 5.26 Å². The number of nitrogens with one attached hydrogen (secondary N) is 1. The van der Waals surface area contributed by atoms with Crippen LogP contribution in [0.15, 0.2) is 30.3 Å². The normalized spacial score (nSPS) is 21.4. The number of amides is 1. The second-order valence-electron chi connectivity index (χ2n) is 5.25. The van der Waals surface area contributed by atoms with Gasteiger partial charge in [0, 0.05) is 6.54 Å². The van der Waals surface area contributed by atoms with Crippen LogP contribution in [0.3, 0.4) is 0 Å². The van der Waals surface area contributed by atoms with Gasteiger partial charge in [-0.3, -0.25) is 4.79 Å². The monoisotopic (exact) mass is 306 g/mol. The molecule has 1 heterocycles. The van der Waals surface area contributed by atoms with E-state index >= 15 is 0 Å². The number of carbonyl (C=O) groups is 1. The minimum absolute atomic E-state index is 0.105. The molecule has 1 aromatic carbocycles. The van der Waals surface area contributed by atoms with Crippen LogP contribution in [0.1, 0.15) is 18.4 Å². The summed E-state index contributed by atoms with van der Waals surface area (Å²) in [6.07, 6.45) is 1.56. The van der Waals surface area contributed by atoms with Gasteiger partial charge in [0.2, 0.25) is 5.91 Å². The van der Waals surface area contributed by atoms with Gasteiger partial charge in [0.05, 0.1) is 17.1 Å². The summed E-state index contributed by atoms with van der Waals surface area (Å²) in [4.78, 5) is 12.0. The maximum Gasteiger partial charge on any atom is 0.237 e. The number of sulfone groups is 1. The third kappa shape index (κ3) is 4.05. The summed E-state index contributed by atoms with van der Waals surface area (Å²) in [6.45, 7) is 0.105. The van der Waals surface area contributed by atoms with E-state index in [2.05, 4.69) is 5.32 Å². The molecule has 1 fully saturated rings. The molecule has 112 valence electrons. The molecule has 1 aromatic rings. The Morgan fingerprint density at radius 3 is 2.67 bits per heavy atom. The molecule has 0 saturated carbocycles. The summed E-state index contributed by atoms with van der Waals surface area (Å²) in [5.74, 6) is -1.00. The molecule has 2 atom stereocenters. The highest BCUT2D eigenvalue weighted by molar-refractivity contribution is 7.92. The lowest BCUT2D eigenvalue weighted by Crippen LogP contribution is -2.38. The van der Waals surface area contributed by atoms with Crippen molar-refractivity contribution in [3.05, 3.63) is 35.9 Å². The lowest BCUT2D eigenvalue weighted by atomic mass is 10.00. The standard InChI is InChI=1S/C15H18N2O3S/c16-10-13(9-12-5-2-1-3-6-12)15(18)17-11-14-7-4-8-21(14,19)20/h1-3,5-6,13-14H,4,7-9,11H2,(H,17,18). The first-order valence-corrected chi connectivity index (χ1v) is 8.67. The number of hydrogen-bond acceptors (Lipinski definition) is 4. The van der Waals surface area contributed by atoms with Crippen molar-refractivity contribution >= 4 is 15.7 Å². The maximum atomic E-state index is 12.0. The fourth-order valence-corrected chi connectivity index (χ4v) is 4.24. The minimum atomic E-state index is -3.07. The largest absolute Gasteiger partial charge is 0.354 e. The summed E-state index contributed by atoms with van der Waals surface area (Å²) < 4.78 is 23.4. The Bertz CT molecular complexity index is 635. The zero-order valence-corrected chi connectivity index (χ0v) is 12.5. The van der Waals surface area contributed by atoms with Gasteiger partial charge in [-0.15, -0.1) is 0 Å². The van der Waals surface area contributed by atoms with Crippen LogP contribution in [0.2, 0.25) is 0 Å². The molecule has 6 heteroatoms. The van der Waals surface area contributed by atoms with Crippen molar-refractivity contribution in [2.75, 3.05) is 12.3 Å². The molecule has 2 unspecified atom stereocenters. The van der Waals surface area contributed by atoms with Crippen LogP contribution in [0.25, 0.3) is 0 Å². The summed E-state index contributed by atoms with van der Waals surface area (Å²) >= 11 is 0. The molecule has 1 amide bonds. The first-order valence-electron chi connectivity index (χ1n) is 6.96. The average Bonchev–Trinajstić information content (AvgIpc) is 2.82. The van der Waals surface area contributed by atoms with Crippen molar-refractivity contribution in [1.82, 2.24) is 5.32 Å². The zero-order valence-electron chi connectivity index (χ0n) is 11.7. The molecule has 1 aliphatic heterocycles. The van der Waals surface area contributed by atoms with Crippen molar-refractivity contribution in [3.8, 4) is 6.07 Å². The molecule has 5 nitrogen and oxygen atoms in total. The molecule has 0 bridgehead atoms. The quantitative estimate of drug-likeness (QED) is 0.881. The Labute approximate surface area is 124 Å². The molecule has 0 radical (unpaired) electrons. The summed E-state index contributed by atoms with van der Waals surface area (Å²) in [5.41, 5.74) is 0.910. The van der Waals surface area contributed by atoms with Crippen LogP contribution >= 0.6 is 0 Å². The summed E-state index contributed by atoms with van der Waals surface area (Å²) in [5, 5.41) is 11.2. The van der Waals surface area contributed by atoms with Gasteiger partial charge in [-0.25, -0.2) is 8.42 Å². The molecule has 0 spiro atoms. The van der Waals surface area contributed by atoms with Crippen LogP contribution in [0, 0.1) is 17.2 Å². The van der Waals surface area contributed by atoms with E-state index in [0.717, 1.165) is 5.56 Å². The van der Waals surface area contributed by atoms with Crippen LogP contribution < -0.4 is 5.32 Å². The molecular formula is C15H18N2O3S. The number of nitriles is 1. The lowest BCUT2D eigenvalue weighted by Gasteiger charge is -2.13. The number of hydrogen-bond donors (Lipinski definition) is 1. The first kappa shape index (κ1) is 15.5. The Balaban J connectivity index is 1.91. The Hall–Kier alpha value is -1.87. The van der Waals surface area contributed by atoms with E-state index in [0.29, 0.717) is 19.3 Å². The predicted molar refractivity (Wildman–Crippen MR) is 79.1 cm³/mol. The number of benzene rings is 1. The van der Waals surface area contributed by atoms with Gasteiger partial charge in [0.25, 0.3) is 0 Å². The van der Waals surface area contributed by atoms with Gasteiger partial charge >= 0.3 is 0 Å². The van der Waals surface area contributed by atoms with E-state index in [1.807, 2.05) is 36.4 Å². The van der Waals surface area contributed by atoms with Crippen LogP contribution in [0.5, 0.6) is 0 Å². The van der Waals surface area contributed by atoms with Crippen molar-refractivity contribution in [2.24, 2.45) is 5.92 Å². The number of carbonyl (C=O) groups excluding carboxylic acids is 1. The van der Waals surface area contributed by atoms with Crippen molar-refractivity contribution < 1.29 is 13.2 Å². The molecule has 0 aromatic heterocycles. The van der Waals surface area contributed by atoms with Crippen molar-refractivity contribution in [3.63, 3.8) is 0 Å². The molecule has 1 saturated heterocycles. The molecular weight excluding hydrogens is 288 g/mol. The number of rotatable bonds is 5. The van der Waals surface area contributed by atoms with E-state index in [1.54, 1.807) is 0 Å². The average molecular weight is 306 g/mol. The van der Waals surface area contributed by atoms with E-state index < -0.39 is 26.9 Å². The molecule has 0 aliphatic carbocycles. The SMILES string of the molecule is N#CC(Cc1ccccc1)C(=O)NCC1CCCS1(=O)=O. The van der Waals surface area contributed by atoms with E-state index in [1.165, 1.54) is 0 Å². The third-order valence-corrected chi connectivity index (χ3v) is 6.00. The smallest absolute Gasteiger partial charge is 0.237 e. The van der Waals surface area contributed by atoms with Gasteiger partial charge < -0.3 is 5.32 Å². The lowest BCUT2D eigenvalue weighted by molar-refractivity contribution is -0.123. The second kappa shape index (κ2) is 6.72. The highest BCUT2D eigenvalue weighted by Crippen LogP contribution is 2.19. The van der Waals surface area contributed by atoms with Crippen LogP contribution in [-0.2, 0) is 21.1 Å². The highest BCUT2D eigenvalue weighted by Gasteiger charge is 2.32. The highest BCUT2D eigenvalue weighted by atomic mass is 32.2. The zero-order chi connectivity index (χ0) is 15.3. The van der Waals surface area contributed by atoms with Crippen LogP contribution in [-0.4, -0.2) is 31.9 Å². The first-order chi connectivity index (χ1) is 10.0. The van der Waals surface area contributed by atoms with E-state index in [-0.39, 0.29) is 12.3 Å². The minimum Gasteiger partial charge on any atom is -0.354 e. The van der Waals surface area contributed by atoms with Gasteiger partial charge in [0.1, 0.15) is 5.92 Å². The third-order valence-electron chi connectivity index (χ3n) is 3.72. The number of nitrogens with zero attached hydrogens (tertiary/aromatic N) is 1. The van der Waals surface area contributed by atoms with Gasteiger partial charge in [0.15, 0.2) is 9.84 Å².